The van der Waals surface area contributed by atoms with Gasteiger partial charge in [0, 0.05) is 23.9 Å². The maximum absolute atomic E-state index is 13.0. The second-order valence-corrected chi connectivity index (χ2v) is 5.93. The number of benzene rings is 2. The van der Waals surface area contributed by atoms with Gasteiger partial charge >= 0.3 is 5.69 Å². The lowest BCUT2D eigenvalue weighted by molar-refractivity contribution is -0.385. The number of amides is 1. The van der Waals surface area contributed by atoms with Crippen LogP contribution in [-0.4, -0.2) is 31.1 Å². The topological polar surface area (TPSA) is 81.9 Å². The largest absolute Gasteiger partial charge is 0.497 e. The molecule has 3 rings (SSSR count). The highest BCUT2D eigenvalue weighted by Crippen LogP contribution is 2.33. The van der Waals surface area contributed by atoms with Crippen LogP contribution in [0.5, 0.6) is 11.5 Å². The molecule has 0 unspecified atom stereocenters. The maximum Gasteiger partial charge on any atom is 0.311 e. The van der Waals surface area contributed by atoms with E-state index in [1.807, 2.05) is 18.2 Å². The minimum Gasteiger partial charge on any atom is -0.497 e. The molecule has 0 aliphatic carbocycles. The molecule has 0 saturated heterocycles. The van der Waals surface area contributed by atoms with Gasteiger partial charge in [-0.05, 0) is 55.7 Å². The Morgan fingerprint density at radius 3 is 2.77 bits per heavy atom. The van der Waals surface area contributed by atoms with Gasteiger partial charge in [0.15, 0.2) is 5.75 Å². The molecule has 26 heavy (non-hydrogen) atoms. The summed E-state index contributed by atoms with van der Waals surface area (Å²) in [6.07, 6.45) is 1.69. The van der Waals surface area contributed by atoms with Gasteiger partial charge in [0.1, 0.15) is 5.75 Å². The van der Waals surface area contributed by atoms with Crippen LogP contribution in [0, 0.1) is 10.1 Å². The van der Waals surface area contributed by atoms with Gasteiger partial charge in [0.25, 0.3) is 5.91 Å². The van der Waals surface area contributed by atoms with E-state index in [2.05, 4.69) is 0 Å². The lowest BCUT2D eigenvalue weighted by Crippen LogP contribution is -2.35. The zero-order valence-corrected chi connectivity index (χ0v) is 14.7. The lowest BCUT2D eigenvalue weighted by Gasteiger charge is -2.30. The molecule has 1 amide bonds. The van der Waals surface area contributed by atoms with E-state index in [0.29, 0.717) is 13.2 Å². The van der Waals surface area contributed by atoms with Crippen molar-refractivity contribution in [2.45, 2.75) is 19.8 Å². The highest BCUT2D eigenvalue weighted by Gasteiger charge is 2.26. The zero-order chi connectivity index (χ0) is 18.7. The van der Waals surface area contributed by atoms with Gasteiger partial charge < -0.3 is 14.4 Å². The number of hydrogen-bond donors (Lipinski definition) is 0. The Morgan fingerprint density at radius 2 is 2.08 bits per heavy atom. The van der Waals surface area contributed by atoms with Gasteiger partial charge in [0.2, 0.25) is 0 Å². The number of anilines is 1. The second-order valence-electron chi connectivity index (χ2n) is 5.93. The van der Waals surface area contributed by atoms with Gasteiger partial charge in [-0.25, -0.2) is 0 Å². The smallest absolute Gasteiger partial charge is 0.311 e. The summed E-state index contributed by atoms with van der Waals surface area (Å²) >= 11 is 0. The van der Waals surface area contributed by atoms with Crippen molar-refractivity contribution in [3.05, 3.63) is 57.6 Å². The van der Waals surface area contributed by atoms with Crippen molar-refractivity contribution < 1.29 is 19.2 Å². The molecule has 0 fully saturated rings. The van der Waals surface area contributed by atoms with Crippen LogP contribution in [0.3, 0.4) is 0 Å². The number of nitro groups is 1. The van der Waals surface area contributed by atoms with E-state index in [1.165, 1.54) is 12.1 Å². The molecule has 2 aromatic rings. The maximum atomic E-state index is 13.0. The summed E-state index contributed by atoms with van der Waals surface area (Å²) in [7, 11) is 1.60. The van der Waals surface area contributed by atoms with E-state index < -0.39 is 4.92 Å². The van der Waals surface area contributed by atoms with Crippen molar-refractivity contribution in [2.24, 2.45) is 0 Å². The summed E-state index contributed by atoms with van der Waals surface area (Å²) in [5, 5.41) is 11.3. The summed E-state index contributed by atoms with van der Waals surface area (Å²) in [5.74, 6) is 0.648. The zero-order valence-electron chi connectivity index (χ0n) is 14.7. The van der Waals surface area contributed by atoms with Crippen molar-refractivity contribution in [3.63, 3.8) is 0 Å². The molecule has 0 radical (unpaired) electrons. The first kappa shape index (κ1) is 17.7. The fraction of sp³-hybridized carbons (Fsp3) is 0.316. The number of rotatable bonds is 5. The highest BCUT2D eigenvalue weighted by atomic mass is 16.6. The normalized spacial score (nSPS) is 13.1. The third-order valence-electron chi connectivity index (χ3n) is 4.35. The number of nitro benzene ring substituents is 1. The number of hydrogen-bond acceptors (Lipinski definition) is 5. The van der Waals surface area contributed by atoms with Gasteiger partial charge in [-0.15, -0.1) is 0 Å². The number of carbonyl (C=O) groups is 1. The molecule has 0 bridgehead atoms. The molecule has 0 aromatic heterocycles. The van der Waals surface area contributed by atoms with E-state index in [0.717, 1.165) is 29.8 Å². The quantitative estimate of drug-likeness (QED) is 0.604. The van der Waals surface area contributed by atoms with Gasteiger partial charge in [-0.1, -0.05) is 0 Å². The molecule has 7 heteroatoms. The molecule has 136 valence electrons. The Kier molecular flexibility index (Phi) is 5.06. The number of fused-ring (bicyclic) bond motifs is 1. The molecule has 1 aliphatic rings. The van der Waals surface area contributed by atoms with Crippen molar-refractivity contribution >= 4 is 17.3 Å². The molecule has 0 saturated carbocycles. The Bertz CT molecular complexity index is 850. The minimum atomic E-state index is -0.531. The fourth-order valence-electron chi connectivity index (χ4n) is 3.14. The molecule has 0 atom stereocenters. The predicted octanol–water partition coefficient (Wildman–Crippen LogP) is 3.60. The van der Waals surface area contributed by atoms with E-state index in [-0.39, 0.29) is 22.9 Å². The van der Waals surface area contributed by atoms with Crippen LogP contribution in [0.25, 0.3) is 0 Å². The third-order valence-corrected chi connectivity index (χ3v) is 4.35. The van der Waals surface area contributed by atoms with Crippen molar-refractivity contribution in [2.75, 3.05) is 25.2 Å². The van der Waals surface area contributed by atoms with Crippen LogP contribution in [0.4, 0.5) is 11.4 Å². The first-order chi connectivity index (χ1) is 12.5. The highest BCUT2D eigenvalue weighted by molar-refractivity contribution is 6.07. The van der Waals surface area contributed by atoms with Crippen LogP contribution >= 0.6 is 0 Å². The molecular formula is C19H20N2O5. The van der Waals surface area contributed by atoms with E-state index >= 15 is 0 Å². The molecule has 0 spiro atoms. The summed E-state index contributed by atoms with van der Waals surface area (Å²) in [5.41, 5.74) is 1.91. The number of methoxy groups -OCH3 is 1. The SMILES string of the molecule is CCOc1ccc(C(=O)N2CCCc3cc(OC)ccc32)cc1[N+](=O)[O-]. The number of aryl methyl sites for hydroxylation is 1. The Labute approximate surface area is 151 Å². The Balaban J connectivity index is 1.96. The average Bonchev–Trinajstić information content (AvgIpc) is 2.66. The molecule has 2 aromatic carbocycles. The van der Waals surface area contributed by atoms with Gasteiger partial charge in [-0.3, -0.25) is 14.9 Å². The average molecular weight is 356 g/mol. The molecule has 0 N–H and O–H groups in total. The Hall–Kier alpha value is -3.09. The van der Waals surface area contributed by atoms with Crippen molar-refractivity contribution in [1.29, 1.82) is 0 Å². The summed E-state index contributed by atoms with van der Waals surface area (Å²) in [4.78, 5) is 25.4. The molecule has 1 heterocycles. The summed E-state index contributed by atoms with van der Waals surface area (Å²) < 4.78 is 10.5. The first-order valence-electron chi connectivity index (χ1n) is 8.45. The monoisotopic (exact) mass is 356 g/mol. The van der Waals surface area contributed by atoms with Gasteiger partial charge in [-0.2, -0.15) is 0 Å². The fourth-order valence-corrected chi connectivity index (χ4v) is 3.14. The molecule has 1 aliphatic heterocycles. The third kappa shape index (κ3) is 3.33. The molecular weight excluding hydrogens is 336 g/mol. The lowest BCUT2D eigenvalue weighted by atomic mass is 10.00. The standard InChI is InChI=1S/C19H20N2O5/c1-3-26-18-9-6-14(12-17(18)21(23)24)19(22)20-10-4-5-13-11-15(25-2)7-8-16(13)20/h6-9,11-12H,3-5,10H2,1-2H3. The van der Waals surface area contributed by atoms with Crippen LogP contribution in [0.15, 0.2) is 36.4 Å². The number of ether oxygens (including phenoxy) is 2. The number of nitrogens with zero attached hydrogens (tertiary/aromatic N) is 2. The minimum absolute atomic E-state index is 0.165. The van der Waals surface area contributed by atoms with Crippen LogP contribution in [0.2, 0.25) is 0 Å². The summed E-state index contributed by atoms with van der Waals surface area (Å²) in [6, 6.07) is 9.92. The Morgan fingerprint density at radius 1 is 1.27 bits per heavy atom. The van der Waals surface area contributed by atoms with E-state index in [9.17, 15) is 14.9 Å². The van der Waals surface area contributed by atoms with Crippen molar-refractivity contribution in [1.82, 2.24) is 0 Å². The second kappa shape index (κ2) is 7.43. The van der Waals surface area contributed by atoms with Crippen LogP contribution in [-0.2, 0) is 6.42 Å². The van der Waals surface area contributed by atoms with Gasteiger partial charge in [0.05, 0.1) is 18.6 Å². The predicted molar refractivity (Wildman–Crippen MR) is 97.3 cm³/mol. The molecule has 7 nitrogen and oxygen atoms in total. The summed E-state index contributed by atoms with van der Waals surface area (Å²) in [6.45, 7) is 2.64. The van der Waals surface area contributed by atoms with Crippen LogP contribution in [0.1, 0.15) is 29.3 Å². The van der Waals surface area contributed by atoms with Crippen LogP contribution < -0.4 is 14.4 Å². The first-order valence-corrected chi connectivity index (χ1v) is 8.45. The number of carbonyl (C=O) groups excluding carboxylic acids is 1. The van der Waals surface area contributed by atoms with E-state index in [1.54, 1.807) is 25.0 Å². The van der Waals surface area contributed by atoms with Crippen molar-refractivity contribution in [3.8, 4) is 11.5 Å². The van der Waals surface area contributed by atoms with E-state index in [4.69, 9.17) is 9.47 Å².